The molecule has 0 radical (unpaired) electrons. The predicted octanol–water partition coefficient (Wildman–Crippen LogP) is 0.395. The molecular formula is C18H27ClN4O4S. The Bertz CT molecular complexity index is 825. The zero-order valence-corrected chi connectivity index (χ0v) is 17.8. The predicted molar refractivity (Wildman–Crippen MR) is 108 cm³/mol. The van der Waals surface area contributed by atoms with Crippen molar-refractivity contribution < 1.29 is 18.0 Å². The fraction of sp³-hybridized carbons (Fsp3) is 0.556. The lowest BCUT2D eigenvalue weighted by molar-refractivity contribution is -0.129. The van der Waals surface area contributed by atoms with Crippen LogP contribution in [0.2, 0.25) is 0 Å². The van der Waals surface area contributed by atoms with E-state index in [0.717, 1.165) is 13.1 Å². The minimum atomic E-state index is -3.70. The van der Waals surface area contributed by atoms with Crippen molar-refractivity contribution in [1.82, 2.24) is 19.4 Å². The molecule has 2 heterocycles. The van der Waals surface area contributed by atoms with E-state index < -0.39 is 10.0 Å². The van der Waals surface area contributed by atoms with Crippen LogP contribution in [-0.4, -0.2) is 86.2 Å². The van der Waals surface area contributed by atoms with Crippen LogP contribution in [0.4, 0.5) is 0 Å². The molecule has 28 heavy (non-hydrogen) atoms. The molecule has 1 aromatic carbocycles. The SMILES string of the molecule is CC(=O)N1CCN(S(=O)(=O)c2cccc(C(=O)N3CCNC[C@H]3C)c2)CC1.Cl. The van der Waals surface area contributed by atoms with E-state index in [4.69, 9.17) is 0 Å². The van der Waals surface area contributed by atoms with Crippen LogP contribution < -0.4 is 5.32 Å². The molecule has 8 nitrogen and oxygen atoms in total. The molecule has 2 saturated heterocycles. The molecule has 0 unspecified atom stereocenters. The molecule has 0 saturated carbocycles. The summed E-state index contributed by atoms with van der Waals surface area (Å²) in [5, 5.41) is 3.24. The van der Waals surface area contributed by atoms with Gasteiger partial charge in [-0.2, -0.15) is 4.31 Å². The van der Waals surface area contributed by atoms with Gasteiger partial charge in [0.15, 0.2) is 0 Å². The van der Waals surface area contributed by atoms with E-state index in [1.54, 1.807) is 21.9 Å². The van der Waals surface area contributed by atoms with Crippen LogP contribution in [0.25, 0.3) is 0 Å². The van der Waals surface area contributed by atoms with Crippen molar-refractivity contribution >= 4 is 34.2 Å². The Balaban J connectivity index is 0.00000280. The number of carbonyl (C=O) groups excluding carboxylic acids is 2. The van der Waals surface area contributed by atoms with Crippen LogP contribution in [0.5, 0.6) is 0 Å². The monoisotopic (exact) mass is 430 g/mol. The lowest BCUT2D eigenvalue weighted by atomic mass is 10.1. The second-order valence-corrected chi connectivity index (χ2v) is 8.93. The maximum Gasteiger partial charge on any atom is 0.254 e. The van der Waals surface area contributed by atoms with Crippen molar-refractivity contribution in [3.8, 4) is 0 Å². The Kier molecular flexibility index (Phi) is 7.44. The average Bonchev–Trinajstić information content (AvgIpc) is 2.68. The first-order valence-corrected chi connectivity index (χ1v) is 10.6. The summed E-state index contributed by atoms with van der Waals surface area (Å²) in [6, 6.07) is 6.31. The van der Waals surface area contributed by atoms with Crippen molar-refractivity contribution in [2.75, 3.05) is 45.8 Å². The standard InChI is InChI=1S/C18H26N4O4S.ClH/c1-14-13-19-6-7-22(14)18(24)16-4-3-5-17(12-16)27(25,26)21-10-8-20(9-11-21)15(2)23;/h3-5,12,14,19H,6-11,13H2,1-2H3;1H/t14-;/m1./s1. The molecule has 0 bridgehead atoms. The zero-order chi connectivity index (χ0) is 19.6. The number of piperazine rings is 2. The Morgan fingerprint density at radius 3 is 2.39 bits per heavy atom. The molecule has 3 rings (SSSR count). The molecule has 0 aliphatic carbocycles. The summed E-state index contributed by atoms with van der Waals surface area (Å²) in [6.45, 7) is 6.79. The third-order valence-electron chi connectivity index (χ3n) is 5.16. The number of hydrogen-bond donors (Lipinski definition) is 1. The highest BCUT2D eigenvalue weighted by Crippen LogP contribution is 2.20. The van der Waals surface area contributed by atoms with Crippen molar-refractivity contribution in [2.45, 2.75) is 24.8 Å². The fourth-order valence-corrected chi connectivity index (χ4v) is 4.96. The van der Waals surface area contributed by atoms with Gasteiger partial charge in [0.2, 0.25) is 15.9 Å². The van der Waals surface area contributed by atoms with E-state index in [1.165, 1.54) is 23.4 Å². The van der Waals surface area contributed by atoms with Crippen LogP contribution in [0, 0.1) is 0 Å². The van der Waals surface area contributed by atoms with Crippen molar-refractivity contribution in [3.05, 3.63) is 29.8 Å². The maximum atomic E-state index is 13.0. The number of amides is 2. The molecule has 156 valence electrons. The smallest absolute Gasteiger partial charge is 0.254 e. The van der Waals surface area contributed by atoms with Crippen LogP contribution >= 0.6 is 12.4 Å². The molecule has 2 aliphatic rings. The summed E-state index contributed by atoms with van der Waals surface area (Å²) >= 11 is 0. The lowest BCUT2D eigenvalue weighted by Crippen LogP contribution is -2.52. The van der Waals surface area contributed by atoms with Crippen molar-refractivity contribution in [1.29, 1.82) is 0 Å². The summed E-state index contributed by atoms with van der Waals surface area (Å²) in [5.41, 5.74) is 0.382. The average molecular weight is 431 g/mol. The van der Waals surface area contributed by atoms with Gasteiger partial charge in [-0.3, -0.25) is 9.59 Å². The van der Waals surface area contributed by atoms with Crippen LogP contribution in [0.1, 0.15) is 24.2 Å². The minimum Gasteiger partial charge on any atom is -0.340 e. The van der Waals surface area contributed by atoms with Crippen LogP contribution in [0.3, 0.4) is 0 Å². The normalized spacial score (nSPS) is 21.1. The molecule has 0 spiro atoms. The quantitative estimate of drug-likeness (QED) is 0.749. The van der Waals surface area contributed by atoms with Gasteiger partial charge in [-0.15, -0.1) is 12.4 Å². The van der Waals surface area contributed by atoms with E-state index in [9.17, 15) is 18.0 Å². The Morgan fingerprint density at radius 2 is 1.79 bits per heavy atom. The number of nitrogens with zero attached hydrogens (tertiary/aromatic N) is 3. The molecule has 0 aromatic heterocycles. The van der Waals surface area contributed by atoms with Gasteiger partial charge in [0, 0.05) is 64.3 Å². The van der Waals surface area contributed by atoms with Gasteiger partial charge < -0.3 is 15.1 Å². The molecular weight excluding hydrogens is 404 g/mol. The molecule has 1 atom stereocenters. The largest absolute Gasteiger partial charge is 0.340 e. The lowest BCUT2D eigenvalue weighted by Gasteiger charge is -2.34. The first-order chi connectivity index (χ1) is 12.8. The molecule has 1 aromatic rings. The van der Waals surface area contributed by atoms with Gasteiger partial charge in [0.05, 0.1) is 4.90 Å². The van der Waals surface area contributed by atoms with E-state index in [-0.39, 0.29) is 48.2 Å². The Hall–Kier alpha value is -1.68. The molecule has 2 aliphatic heterocycles. The molecule has 2 amide bonds. The third-order valence-corrected chi connectivity index (χ3v) is 7.06. The highest BCUT2D eigenvalue weighted by atomic mass is 35.5. The maximum absolute atomic E-state index is 13.0. The van der Waals surface area contributed by atoms with Crippen LogP contribution in [0.15, 0.2) is 29.2 Å². The topological polar surface area (TPSA) is 90.0 Å². The highest BCUT2D eigenvalue weighted by molar-refractivity contribution is 7.89. The summed E-state index contributed by atoms with van der Waals surface area (Å²) in [5.74, 6) is -0.202. The number of carbonyl (C=O) groups is 2. The number of halogens is 1. The number of rotatable bonds is 3. The second-order valence-electron chi connectivity index (χ2n) is 6.99. The molecule has 2 fully saturated rings. The number of benzene rings is 1. The molecule has 10 heteroatoms. The summed E-state index contributed by atoms with van der Waals surface area (Å²) < 4.78 is 27.3. The van der Waals surface area contributed by atoms with E-state index in [1.807, 2.05) is 6.92 Å². The number of nitrogens with one attached hydrogen (secondary N) is 1. The van der Waals surface area contributed by atoms with E-state index in [2.05, 4.69) is 5.32 Å². The summed E-state index contributed by atoms with van der Waals surface area (Å²) in [7, 11) is -3.70. The van der Waals surface area contributed by atoms with Gasteiger partial charge >= 0.3 is 0 Å². The summed E-state index contributed by atoms with van der Waals surface area (Å²) in [4.78, 5) is 27.8. The van der Waals surface area contributed by atoms with Crippen molar-refractivity contribution in [2.24, 2.45) is 0 Å². The van der Waals surface area contributed by atoms with Gasteiger partial charge in [0.25, 0.3) is 5.91 Å². The van der Waals surface area contributed by atoms with E-state index in [0.29, 0.717) is 25.2 Å². The first-order valence-electron chi connectivity index (χ1n) is 9.18. The Labute approximate surface area is 172 Å². The van der Waals surface area contributed by atoms with Crippen molar-refractivity contribution in [3.63, 3.8) is 0 Å². The third kappa shape index (κ3) is 4.65. The zero-order valence-electron chi connectivity index (χ0n) is 16.1. The fourth-order valence-electron chi connectivity index (χ4n) is 3.49. The van der Waals surface area contributed by atoms with E-state index >= 15 is 0 Å². The van der Waals surface area contributed by atoms with Crippen LogP contribution in [-0.2, 0) is 14.8 Å². The molecule has 1 N–H and O–H groups in total. The number of sulfonamides is 1. The number of hydrogen-bond acceptors (Lipinski definition) is 5. The van der Waals surface area contributed by atoms with Gasteiger partial charge in [0.1, 0.15) is 0 Å². The van der Waals surface area contributed by atoms with Gasteiger partial charge in [-0.05, 0) is 25.1 Å². The minimum absolute atomic E-state index is 0. The second kappa shape index (κ2) is 9.21. The summed E-state index contributed by atoms with van der Waals surface area (Å²) in [6.07, 6.45) is 0. The van der Waals surface area contributed by atoms with Gasteiger partial charge in [-0.25, -0.2) is 8.42 Å². The van der Waals surface area contributed by atoms with Gasteiger partial charge in [-0.1, -0.05) is 6.07 Å². The highest BCUT2D eigenvalue weighted by Gasteiger charge is 2.30. The Morgan fingerprint density at radius 1 is 1.11 bits per heavy atom. The first kappa shape index (κ1) is 22.6.